The van der Waals surface area contributed by atoms with E-state index >= 15 is 0 Å². The Kier molecular flexibility index (Phi) is 2.93. The molecule has 13 heavy (non-hydrogen) atoms. The quantitative estimate of drug-likeness (QED) is 0.756. The molecule has 1 aromatic carbocycles. The maximum absolute atomic E-state index is 12.2. The molecule has 2 N–H and O–H groups in total. The first-order valence-electron chi connectivity index (χ1n) is 3.74. The van der Waals surface area contributed by atoms with Gasteiger partial charge in [0.15, 0.2) is 0 Å². The molecule has 0 atom stereocenters. The zero-order chi connectivity index (χ0) is 9.90. The van der Waals surface area contributed by atoms with Crippen LogP contribution in [-0.4, -0.2) is 6.54 Å². The van der Waals surface area contributed by atoms with Crippen LogP contribution < -0.4 is 5.73 Å². The van der Waals surface area contributed by atoms with Gasteiger partial charge in [0, 0.05) is 6.42 Å². The maximum Gasteiger partial charge on any atom is 0.416 e. The summed E-state index contributed by atoms with van der Waals surface area (Å²) in [5.74, 6) is 0. The third-order valence-corrected chi connectivity index (χ3v) is 1.57. The van der Waals surface area contributed by atoms with Crippen LogP contribution in [0.2, 0.25) is 0 Å². The number of alkyl halides is 3. The molecule has 1 aromatic rings. The Hall–Kier alpha value is -1.03. The van der Waals surface area contributed by atoms with Crippen LogP contribution in [0.15, 0.2) is 24.3 Å². The van der Waals surface area contributed by atoms with Crippen molar-refractivity contribution in [2.75, 3.05) is 6.54 Å². The third kappa shape index (κ3) is 2.73. The molecule has 0 aliphatic rings. The molecular formula is C9H9F3N. The van der Waals surface area contributed by atoms with Crippen LogP contribution in [0.5, 0.6) is 0 Å². The molecule has 1 nitrogen and oxygen atoms in total. The van der Waals surface area contributed by atoms with Crippen molar-refractivity contribution in [3.63, 3.8) is 0 Å². The van der Waals surface area contributed by atoms with E-state index in [2.05, 4.69) is 0 Å². The Morgan fingerprint density at radius 1 is 1.31 bits per heavy atom. The van der Waals surface area contributed by atoms with Crippen LogP contribution in [0.3, 0.4) is 0 Å². The molecule has 0 saturated heterocycles. The lowest BCUT2D eigenvalue weighted by Gasteiger charge is -2.07. The van der Waals surface area contributed by atoms with Crippen molar-refractivity contribution < 1.29 is 13.2 Å². The van der Waals surface area contributed by atoms with Gasteiger partial charge in [-0.25, -0.2) is 0 Å². The van der Waals surface area contributed by atoms with Crippen molar-refractivity contribution in [3.05, 3.63) is 41.8 Å². The van der Waals surface area contributed by atoms with Gasteiger partial charge in [-0.2, -0.15) is 13.2 Å². The minimum Gasteiger partial charge on any atom is -0.330 e. The van der Waals surface area contributed by atoms with Gasteiger partial charge in [-0.05, 0) is 18.2 Å². The first-order chi connectivity index (χ1) is 6.04. The maximum atomic E-state index is 12.2. The molecule has 1 radical (unpaired) electrons. The summed E-state index contributed by atoms with van der Waals surface area (Å²) < 4.78 is 36.5. The van der Waals surface area contributed by atoms with E-state index in [0.29, 0.717) is 5.56 Å². The van der Waals surface area contributed by atoms with E-state index in [9.17, 15) is 13.2 Å². The normalized spacial score (nSPS) is 11.7. The van der Waals surface area contributed by atoms with Crippen molar-refractivity contribution in [3.8, 4) is 0 Å². The highest BCUT2D eigenvalue weighted by molar-refractivity contribution is 5.30. The third-order valence-electron chi connectivity index (χ3n) is 1.57. The van der Waals surface area contributed by atoms with Crippen LogP contribution in [0.25, 0.3) is 0 Å². The van der Waals surface area contributed by atoms with E-state index in [0.717, 1.165) is 12.1 Å². The zero-order valence-corrected chi connectivity index (χ0v) is 6.81. The number of benzene rings is 1. The van der Waals surface area contributed by atoms with E-state index in [1.165, 1.54) is 12.5 Å². The SMILES string of the molecule is NC[CH]c1cccc(C(F)(F)F)c1. The molecule has 1 rings (SSSR count). The van der Waals surface area contributed by atoms with Crippen molar-refractivity contribution in [2.24, 2.45) is 5.73 Å². The summed E-state index contributed by atoms with van der Waals surface area (Å²) in [5, 5.41) is 0. The van der Waals surface area contributed by atoms with E-state index in [1.807, 2.05) is 0 Å². The lowest BCUT2D eigenvalue weighted by molar-refractivity contribution is -0.137. The molecule has 0 spiro atoms. The topological polar surface area (TPSA) is 26.0 Å². The van der Waals surface area contributed by atoms with E-state index in [1.54, 1.807) is 6.07 Å². The average molecular weight is 188 g/mol. The van der Waals surface area contributed by atoms with Gasteiger partial charge in [0.25, 0.3) is 0 Å². The number of hydrogen-bond donors (Lipinski definition) is 1. The van der Waals surface area contributed by atoms with Gasteiger partial charge in [0.1, 0.15) is 0 Å². The first-order valence-corrected chi connectivity index (χ1v) is 3.74. The predicted octanol–water partition coefficient (Wildman–Crippen LogP) is 2.22. The highest BCUT2D eigenvalue weighted by Crippen LogP contribution is 2.29. The fourth-order valence-corrected chi connectivity index (χ4v) is 0.978. The van der Waals surface area contributed by atoms with Crippen LogP contribution >= 0.6 is 0 Å². The van der Waals surface area contributed by atoms with Crippen LogP contribution in [-0.2, 0) is 6.18 Å². The molecule has 4 heteroatoms. The lowest BCUT2D eigenvalue weighted by Crippen LogP contribution is -2.06. The highest BCUT2D eigenvalue weighted by atomic mass is 19.4. The summed E-state index contributed by atoms with van der Waals surface area (Å²) in [4.78, 5) is 0. The standard InChI is InChI=1S/C9H9F3N/c10-9(11,12)8-3-1-2-7(6-8)4-5-13/h1-4,6H,5,13H2. The summed E-state index contributed by atoms with van der Waals surface area (Å²) in [6.45, 7) is 0.237. The molecule has 0 unspecified atom stereocenters. The molecule has 0 fully saturated rings. The second kappa shape index (κ2) is 3.79. The lowest BCUT2D eigenvalue weighted by atomic mass is 10.1. The molecule has 0 amide bonds. The molecular weight excluding hydrogens is 179 g/mol. The smallest absolute Gasteiger partial charge is 0.330 e. The first kappa shape index (κ1) is 10.1. The summed E-state index contributed by atoms with van der Waals surface area (Å²) in [7, 11) is 0. The van der Waals surface area contributed by atoms with Gasteiger partial charge in [-0.15, -0.1) is 0 Å². The van der Waals surface area contributed by atoms with E-state index in [-0.39, 0.29) is 6.54 Å². The molecule has 0 saturated carbocycles. The van der Waals surface area contributed by atoms with Gasteiger partial charge in [-0.3, -0.25) is 0 Å². The second-order valence-electron chi connectivity index (χ2n) is 2.56. The number of nitrogens with two attached hydrogens (primary N) is 1. The van der Waals surface area contributed by atoms with Crippen LogP contribution in [0, 0.1) is 6.42 Å². The molecule has 71 valence electrons. The molecule has 0 aliphatic carbocycles. The molecule has 0 aromatic heterocycles. The minimum absolute atomic E-state index is 0.237. The van der Waals surface area contributed by atoms with Gasteiger partial charge in [0.2, 0.25) is 0 Å². The van der Waals surface area contributed by atoms with E-state index < -0.39 is 11.7 Å². The Bertz CT molecular complexity index is 280. The summed E-state index contributed by atoms with van der Waals surface area (Å²) in [5.41, 5.74) is 5.04. The summed E-state index contributed by atoms with van der Waals surface area (Å²) >= 11 is 0. The number of halogens is 3. The minimum atomic E-state index is -4.28. The zero-order valence-electron chi connectivity index (χ0n) is 6.81. The van der Waals surface area contributed by atoms with Crippen molar-refractivity contribution in [2.45, 2.75) is 6.18 Å². The average Bonchev–Trinajstić information content (AvgIpc) is 2.04. The van der Waals surface area contributed by atoms with Crippen molar-refractivity contribution in [1.29, 1.82) is 0 Å². The van der Waals surface area contributed by atoms with Crippen LogP contribution in [0.1, 0.15) is 11.1 Å². The second-order valence-corrected chi connectivity index (χ2v) is 2.56. The van der Waals surface area contributed by atoms with E-state index in [4.69, 9.17) is 5.73 Å². The van der Waals surface area contributed by atoms with Gasteiger partial charge >= 0.3 is 6.18 Å². The Morgan fingerprint density at radius 3 is 2.54 bits per heavy atom. The molecule has 0 aliphatic heterocycles. The van der Waals surface area contributed by atoms with Gasteiger partial charge in [0.05, 0.1) is 5.56 Å². The van der Waals surface area contributed by atoms with Crippen molar-refractivity contribution in [1.82, 2.24) is 0 Å². The molecule has 0 bridgehead atoms. The van der Waals surface area contributed by atoms with Gasteiger partial charge < -0.3 is 5.73 Å². The Labute approximate surface area is 74.4 Å². The van der Waals surface area contributed by atoms with Crippen molar-refractivity contribution >= 4 is 0 Å². The Morgan fingerprint density at radius 2 is 2.00 bits per heavy atom. The monoisotopic (exact) mass is 188 g/mol. The summed E-state index contributed by atoms with van der Waals surface area (Å²) in [6.07, 6.45) is -2.74. The summed E-state index contributed by atoms with van der Waals surface area (Å²) in [6, 6.07) is 5.06. The largest absolute Gasteiger partial charge is 0.416 e. The molecule has 0 heterocycles. The fourth-order valence-electron chi connectivity index (χ4n) is 0.978. The fraction of sp³-hybridized carbons (Fsp3) is 0.222. The Balaban J connectivity index is 2.92. The highest BCUT2D eigenvalue weighted by Gasteiger charge is 2.30. The predicted molar refractivity (Wildman–Crippen MR) is 43.9 cm³/mol. The van der Waals surface area contributed by atoms with Crippen LogP contribution in [0.4, 0.5) is 13.2 Å². The number of hydrogen-bond acceptors (Lipinski definition) is 1. The number of rotatable bonds is 2. The van der Waals surface area contributed by atoms with Gasteiger partial charge in [-0.1, -0.05) is 18.2 Å².